The third-order valence-electron chi connectivity index (χ3n) is 3.65. The van der Waals surface area contributed by atoms with Gasteiger partial charge in [-0.2, -0.15) is 0 Å². The Morgan fingerprint density at radius 3 is 2.62 bits per heavy atom. The van der Waals surface area contributed by atoms with Crippen LogP contribution in [-0.2, 0) is 13.2 Å². The molecule has 0 spiro atoms. The molecule has 3 heteroatoms. The Morgan fingerprint density at radius 2 is 1.81 bits per heavy atom. The van der Waals surface area contributed by atoms with Gasteiger partial charge in [-0.1, -0.05) is 24.3 Å². The van der Waals surface area contributed by atoms with Crippen molar-refractivity contribution in [3.63, 3.8) is 0 Å². The molecule has 0 radical (unpaired) electrons. The topological polar surface area (TPSA) is 23.4 Å². The Labute approximate surface area is 124 Å². The average molecular weight is 281 g/mol. The van der Waals surface area contributed by atoms with Gasteiger partial charge in [0.2, 0.25) is 0 Å². The molecule has 0 aliphatic carbocycles. The van der Waals surface area contributed by atoms with Crippen molar-refractivity contribution in [1.29, 1.82) is 0 Å². The quantitative estimate of drug-likeness (QED) is 0.698. The SMILES string of the molecule is CCn1cc(COc2cccc(OC)c2)c2ccccc21. The average Bonchev–Trinajstić information content (AvgIpc) is 2.91. The predicted molar refractivity (Wildman–Crippen MR) is 84.9 cm³/mol. The molecule has 21 heavy (non-hydrogen) atoms. The van der Waals surface area contributed by atoms with Crippen LogP contribution >= 0.6 is 0 Å². The molecule has 0 N–H and O–H groups in total. The van der Waals surface area contributed by atoms with Crippen LogP contribution in [0.25, 0.3) is 10.9 Å². The van der Waals surface area contributed by atoms with Crippen molar-refractivity contribution in [2.45, 2.75) is 20.1 Å². The molecule has 0 atom stereocenters. The van der Waals surface area contributed by atoms with Gasteiger partial charge in [0, 0.05) is 35.3 Å². The number of ether oxygens (including phenoxy) is 2. The van der Waals surface area contributed by atoms with Gasteiger partial charge in [0.15, 0.2) is 0 Å². The van der Waals surface area contributed by atoms with E-state index < -0.39 is 0 Å². The lowest BCUT2D eigenvalue weighted by Gasteiger charge is -2.07. The van der Waals surface area contributed by atoms with E-state index in [0.717, 1.165) is 18.0 Å². The van der Waals surface area contributed by atoms with Gasteiger partial charge in [0.25, 0.3) is 0 Å². The second-order valence-electron chi connectivity index (χ2n) is 4.93. The fourth-order valence-corrected chi connectivity index (χ4v) is 2.55. The maximum absolute atomic E-state index is 5.91. The van der Waals surface area contributed by atoms with Crippen LogP contribution in [0.4, 0.5) is 0 Å². The largest absolute Gasteiger partial charge is 0.497 e. The molecule has 0 aliphatic rings. The molecule has 0 saturated heterocycles. The highest BCUT2D eigenvalue weighted by molar-refractivity contribution is 5.83. The van der Waals surface area contributed by atoms with E-state index in [2.05, 4.69) is 42.0 Å². The van der Waals surface area contributed by atoms with Gasteiger partial charge in [-0.3, -0.25) is 0 Å². The fourth-order valence-electron chi connectivity index (χ4n) is 2.55. The standard InChI is InChI=1S/C18H19NO2/c1-3-19-12-14(17-9-4-5-10-18(17)19)13-21-16-8-6-7-15(11-16)20-2/h4-12H,3,13H2,1-2H3. The molecule has 0 saturated carbocycles. The molecule has 0 amide bonds. The highest BCUT2D eigenvalue weighted by Gasteiger charge is 2.07. The molecule has 0 aliphatic heterocycles. The summed E-state index contributed by atoms with van der Waals surface area (Å²) in [6.07, 6.45) is 2.17. The minimum atomic E-state index is 0.556. The van der Waals surface area contributed by atoms with Crippen LogP contribution in [0.3, 0.4) is 0 Å². The first-order valence-corrected chi connectivity index (χ1v) is 7.15. The molecular formula is C18H19NO2. The zero-order valence-electron chi connectivity index (χ0n) is 12.4. The van der Waals surface area contributed by atoms with Gasteiger partial charge in [0.1, 0.15) is 18.1 Å². The van der Waals surface area contributed by atoms with Crippen molar-refractivity contribution in [2.24, 2.45) is 0 Å². The molecule has 0 fully saturated rings. The van der Waals surface area contributed by atoms with Crippen molar-refractivity contribution in [1.82, 2.24) is 4.57 Å². The summed E-state index contributed by atoms with van der Waals surface area (Å²) in [5.41, 5.74) is 2.46. The molecule has 108 valence electrons. The first-order chi connectivity index (χ1) is 10.3. The van der Waals surface area contributed by atoms with Crippen LogP contribution in [0.15, 0.2) is 54.7 Å². The third-order valence-corrected chi connectivity index (χ3v) is 3.65. The van der Waals surface area contributed by atoms with Crippen molar-refractivity contribution in [3.05, 3.63) is 60.3 Å². The van der Waals surface area contributed by atoms with E-state index in [1.54, 1.807) is 7.11 Å². The molecule has 2 aromatic carbocycles. The fraction of sp³-hybridized carbons (Fsp3) is 0.222. The number of nitrogens with zero attached hydrogens (tertiary/aromatic N) is 1. The number of fused-ring (bicyclic) bond motifs is 1. The number of rotatable bonds is 5. The van der Waals surface area contributed by atoms with E-state index in [1.165, 1.54) is 16.5 Å². The van der Waals surface area contributed by atoms with E-state index in [-0.39, 0.29) is 0 Å². The summed E-state index contributed by atoms with van der Waals surface area (Å²) >= 11 is 0. The maximum Gasteiger partial charge on any atom is 0.123 e. The van der Waals surface area contributed by atoms with E-state index in [9.17, 15) is 0 Å². The molecule has 1 heterocycles. The molecule has 3 nitrogen and oxygen atoms in total. The van der Waals surface area contributed by atoms with Crippen molar-refractivity contribution in [2.75, 3.05) is 7.11 Å². The molecule has 3 rings (SSSR count). The summed E-state index contributed by atoms with van der Waals surface area (Å²) in [5.74, 6) is 1.63. The van der Waals surface area contributed by atoms with Crippen LogP contribution < -0.4 is 9.47 Å². The Kier molecular flexibility index (Phi) is 3.82. The van der Waals surface area contributed by atoms with E-state index in [4.69, 9.17) is 9.47 Å². The van der Waals surface area contributed by atoms with Gasteiger partial charge in [0.05, 0.1) is 7.11 Å². The Balaban J connectivity index is 1.85. The van der Waals surface area contributed by atoms with Crippen LogP contribution in [0.1, 0.15) is 12.5 Å². The first kappa shape index (κ1) is 13.6. The number of para-hydroxylation sites is 1. The molecule has 0 bridgehead atoms. The minimum Gasteiger partial charge on any atom is -0.497 e. The Morgan fingerprint density at radius 1 is 1.00 bits per heavy atom. The number of aromatic nitrogens is 1. The second-order valence-corrected chi connectivity index (χ2v) is 4.93. The van der Waals surface area contributed by atoms with Gasteiger partial charge < -0.3 is 14.0 Å². The molecular weight excluding hydrogens is 262 g/mol. The maximum atomic E-state index is 5.91. The van der Waals surface area contributed by atoms with Crippen molar-refractivity contribution in [3.8, 4) is 11.5 Å². The molecule has 1 aromatic heterocycles. The van der Waals surface area contributed by atoms with E-state index >= 15 is 0 Å². The van der Waals surface area contributed by atoms with E-state index in [1.807, 2.05) is 24.3 Å². The van der Waals surface area contributed by atoms with Crippen LogP contribution in [0.2, 0.25) is 0 Å². The number of hydrogen-bond donors (Lipinski definition) is 0. The third kappa shape index (κ3) is 2.72. The van der Waals surface area contributed by atoms with E-state index in [0.29, 0.717) is 6.61 Å². The Hall–Kier alpha value is -2.42. The minimum absolute atomic E-state index is 0.556. The highest BCUT2D eigenvalue weighted by Crippen LogP contribution is 2.24. The monoisotopic (exact) mass is 281 g/mol. The predicted octanol–water partition coefficient (Wildman–Crippen LogP) is 4.25. The number of aryl methyl sites for hydroxylation is 1. The summed E-state index contributed by atoms with van der Waals surface area (Å²) in [4.78, 5) is 0. The lowest BCUT2D eigenvalue weighted by molar-refractivity contribution is 0.304. The zero-order valence-corrected chi connectivity index (χ0v) is 12.4. The molecule has 0 unspecified atom stereocenters. The molecule has 3 aromatic rings. The van der Waals surface area contributed by atoms with Gasteiger partial charge in [-0.25, -0.2) is 0 Å². The number of methoxy groups -OCH3 is 1. The van der Waals surface area contributed by atoms with Crippen molar-refractivity contribution < 1.29 is 9.47 Å². The summed E-state index contributed by atoms with van der Waals surface area (Å²) in [6, 6.07) is 16.1. The normalized spacial score (nSPS) is 10.8. The van der Waals surface area contributed by atoms with Crippen LogP contribution in [-0.4, -0.2) is 11.7 Å². The van der Waals surface area contributed by atoms with Crippen molar-refractivity contribution >= 4 is 10.9 Å². The smallest absolute Gasteiger partial charge is 0.123 e. The van der Waals surface area contributed by atoms with Gasteiger partial charge in [-0.05, 0) is 25.1 Å². The van der Waals surface area contributed by atoms with Crippen LogP contribution in [0.5, 0.6) is 11.5 Å². The zero-order chi connectivity index (χ0) is 14.7. The lowest BCUT2D eigenvalue weighted by atomic mass is 10.2. The second kappa shape index (κ2) is 5.92. The number of hydrogen-bond acceptors (Lipinski definition) is 2. The van der Waals surface area contributed by atoms with Gasteiger partial charge >= 0.3 is 0 Å². The lowest BCUT2D eigenvalue weighted by Crippen LogP contribution is -1.95. The summed E-state index contributed by atoms with van der Waals surface area (Å²) < 4.78 is 13.4. The summed E-state index contributed by atoms with van der Waals surface area (Å²) in [7, 11) is 1.66. The highest BCUT2D eigenvalue weighted by atomic mass is 16.5. The number of benzene rings is 2. The summed E-state index contributed by atoms with van der Waals surface area (Å²) in [6.45, 7) is 3.67. The first-order valence-electron chi connectivity index (χ1n) is 7.15. The van der Waals surface area contributed by atoms with Gasteiger partial charge in [-0.15, -0.1) is 0 Å². The Bertz CT molecular complexity index is 746. The van der Waals surface area contributed by atoms with Crippen LogP contribution in [0, 0.1) is 0 Å². The summed E-state index contributed by atoms with van der Waals surface area (Å²) in [5, 5.41) is 1.25.